The molecule has 0 spiro atoms. The molecule has 1 fully saturated rings. The highest BCUT2D eigenvalue weighted by Gasteiger charge is 2.47. The van der Waals surface area contributed by atoms with Gasteiger partial charge in [-0.2, -0.15) is 13.2 Å². The fourth-order valence-corrected chi connectivity index (χ4v) is 4.15. The third kappa shape index (κ3) is 6.17. The predicted octanol–water partition coefficient (Wildman–Crippen LogP) is 6.51. The second-order valence-electron chi connectivity index (χ2n) is 9.22. The van der Waals surface area contributed by atoms with Gasteiger partial charge in [-0.25, -0.2) is 0 Å². The van der Waals surface area contributed by atoms with Gasteiger partial charge in [0.1, 0.15) is 12.4 Å². The van der Waals surface area contributed by atoms with E-state index in [1.807, 2.05) is 24.3 Å². The Morgan fingerprint density at radius 1 is 0.921 bits per heavy atom. The Morgan fingerprint density at radius 2 is 1.55 bits per heavy atom. The van der Waals surface area contributed by atoms with Gasteiger partial charge in [-0.05, 0) is 59.5 Å². The molecule has 0 amide bonds. The van der Waals surface area contributed by atoms with Crippen molar-refractivity contribution in [2.24, 2.45) is 5.92 Å². The fourth-order valence-electron chi connectivity index (χ4n) is 4.15. The third-order valence-electron chi connectivity index (χ3n) is 5.95. The van der Waals surface area contributed by atoms with E-state index in [-0.39, 0.29) is 6.61 Å². The maximum atomic E-state index is 12.8. The molecular weight excluding hydrogens is 497 g/mol. The molecule has 0 bridgehead atoms. The van der Waals surface area contributed by atoms with Crippen LogP contribution >= 0.6 is 0 Å². The molecule has 0 N–H and O–H groups in total. The fraction of sp³-hybridized carbons (Fsp3) is 0.267. The summed E-state index contributed by atoms with van der Waals surface area (Å²) >= 11 is 0. The first-order chi connectivity index (χ1) is 18.0. The van der Waals surface area contributed by atoms with Gasteiger partial charge in [0.25, 0.3) is 5.79 Å². The molecule has 38 heavy (non-hydrogen) atoms. The van der Waals surface area contributed by atoms with Crippen molar-refractivity contribution in [1.82, 2.24) is 0 Å². The number of carbonyl (C=O) groups excluding carboxylic acids is 2. The zero-order chi connectivity index (χ0) is 27.5. The van der Waals surface area contributed by atoms with E-state index in [1.54, 1.807) is 31.2 Å². The summed E-state index contributed by atoms with van der Waals surface area (Å²) < 4.78 is 54.9. The smallest absolute Gasteiger partial charge is 0.416 e. The molecule has 1 saturated heterocycles. The summed E-state index contributed by atoms with van der Waals surface area (Å²) in [4.78, 5) is 25.1. The highest BCUT2D eigenvalue weighted by atomic mass is 19.4. The minimum atomic E-state index is -4.38. The van der Waals surface area contributed by atoms with Gasteiger partial charge in [0.15, 0.2) is 5.92 Å². The Kier molecular flexibility index (Phi) is 7.49. The van der Waals surface area contributed by atoms with Crippen LogP contribution in [0, 0.1) is 17.8 Å². The molecule has 0 aromatic heterocycles. The summed E-state index contributed by atoms with van der Waals surface area (Å²) in [6, 6.07) is 19.2. The van der Waals surface area contributed by atoms with E-state index >= 15 is 0 Å². The molecule has 196 valence electrons. The largest absolute Gasteiger partial charge is 0.489 e. The van der Waals surface area contributed by atoms with Gasteiger partial charge in [-0.1, -0.05) is 48.4 Å². The van der Waals surface area contributed by atoms with Gasteiger partial charge >= 0.3 is 18.1 Å². The lowest BCUT2D eigenvalue weighted by molar-refractivity contribution is -0.240. The molecule has 0 aliphatic carbocycles. The molecule has 1 aliphatic heterocycles. The van der Waals surface area contributed by atoms with Gasteiger partial charge in [-0.15, -0.1) is 5.92 Å². The van der Waals surface area contributed by atoms with Crippen molar-refractivity contribution < 1.29 is 37.0 Å². The molecule has 0 unspecified atom stereocenters. The lowest BCUT2D eigenvalue weighted by Crippen LogP contribution is -2.48. The Balaban J connectivity index is 1.45. The van der Waals surface area contributed by atoms with E-state index in [0.29, 0.717) is 16.9 Å². The summed E-state index contributed by atoms with van der Waals surface area (Å²) in [7, 11) is 0. The maximum absolute atomic E-state index is 12.8. The van der Waals surface area contributed by atoms with Crippen LogP contribution in [0.5, 0.6) is 5.75 Å². The minimum absolute atomic E-state index is 0.225. The van der Waals surface area contributed by atoms with Gasteiger partial charge in [0.05, 0.1) is 11.5 Å². The molecular formula is C30H25F3O5. The van der Waals surface area contributed by atoms with Crippen LogP contribution in [0.25, 0.3) is 11.1 Å². The molecule has 0 radical (unpaired) electrons. The van der Waals surface area contributed by atoms with Crippen LogP contribution in [0.15, 0.2) is 72.8 Å². The average molecular weight is 523 g/mol. The zero-order valence-corrected chi connectivity index (χ0v) is 21.0. The van der Waals surface area contributed by atoms with Crippen LogP contribution in [-0.4, -0.2) is 17.7 Å². The number of halogens is 3. The van der Waals surface area contributed by atoms with Gasteiger partial charge in [-0.3, -0.25) is 9.59 Å². The van der Waals surface area contributed by atoms with Crippen molar-refractivity contribution >= 4 is 11.9 Å². The van der Waals surface area contributed by atoms with E-state index in [0.717, 1.165) is 23.3 Å². The zero-order valence-electron chi connectivity index (χ0n) is 21.0. The van der Waals surface area contributed by atoms with Crippen LogP contribution in [0.4, 0.5) is 13.2 Å². The normalized spacial score (nSPS) is 16.1. The molecule has 3 aromatic rings. The first kappa shape index (κ1) is 26.8. The second-order valence-corrected chi connectivity index (χ2v) is 9.22. The Labute approximate surface area is 218 Å². The van der Waals surface area contributed by atoms with Crippen LogP contribution in [-0.2, 0) is 31.8 Å². The van der Waals surface area contributed by atoms with Gasteiger partial charge in [0, 0.05) is 13.8 Å². The van der Waals surface area contributed by atoms with Crippen LogP contribution in [0.1, 0.15) is 43.4 Å². The highest BCUT2D eigenvalue weighted by Crippen LogP contribution is 2.34. The monoisotopic (exact) mass is 522 g/mol. The van der Waals surface area contributed by atoms with Crippen LogP contribution in [0.3, 0.4) is 0 Å². The van der Waals surface area contributed by atoms with Crippen LogP contribution in [0.2, 0.25) is 0 Å². The molecule has 3 aromatic carbocycles. The number of rotatable bonds is 6. The lowest BCUT2D eigenvalue weighted by Gasteiger charge is -2.34. The second kappa shape index (κ2) is 10.6. The van der Waals surface area contributed by atoms with Crippen molar-refractivity contribution in [3.63, 3.8) is 0 Å². The predicted molar refractivity (Wildman–Crippen MR) is 134 cm³/mol. The van der Waals surface area contributed by atoms with Gasteiger partial charge < -0.3 is 14.2 Å². The van der Waals surface area contributed by atoms with E-state index < -0.39 is 41.3 Å². The van der Waals surface area contributed by atoms with Crippen molar-refractivity contribution in [3.8, 4) is 28.7 Å². The number of ether oxygens (including phenoxy) is 3. The van der Waals surface area contributed by atoms with E-state index in [4.69, 9.17) is 14.2 Å². The Hall–Kier alpha value is -4.25. The number of alkyl halides is 3. The summed E-state index contributed by atoms with van der Waals surface area (Å²) in [6.45, 7) is 4.82. The SMILES string of the molecule is CC#C[C@H](c1ccc(OCc2cccc(-c3ccc(C(F)(F)F)cc3)c2)cc1)C1C(=O)OC(C)(C)OC1=O. The first-order valence-electron chi connectivity index (χ1n) is 11.8. The first-order valence-corrected chi connectivity index (χ1v) is 11.8. The standard InChI is InChI=1S/C30H25F3O5/c1-4-6-25(26-27(34)37-29(2,3)38-28(26)35)21-11-15-24(16-12-21)36-18-19-7-5-8-22(17-19)20-9-13-23(14-10-20)30(31,32)33/h5,7-17,25-26H,18H2,1-3H3/t25-/m1/s1. The van der Waals surface area contributed by atoms with E-state index in [2.05, 4.69) is 11.8 Å². The summed E-state index contributed by atoms with van der Waals surface area (Å²) in [5.41, 5.74) is 2.20. The highest BCUT2D eigenvalue weighted by molar-refractivity contribution is 5.98. The van der Waals surface area contributed by atoms with Crippen molar-refractivity contribution in [2.45, 2.75) is 45.3 Å². The third-order valence-corrected chi connectivity index (χ3v) is 5.95. The maximum Gasteiger partial charge on any atom is 0.416 e. The number of hydrogen-bond donors (Lipinski definition) is 0. The Morgan fingerprint density at radius 3 is 2.13 bits per heavy atom. The van der Waals surface area contributed by atoms with Crippen molar-refractivity contribution in [1.29, 1.82) is 0 Å². The summed E-state index contributed by atoms with van der Waals surface area (Å²) in [5, 5.41) is 0. The average Bonchev–Trinajstić information content (AvgIpc) is 2.86. The number of esters is 2. The van der Waals surface area contributed by atoms with Crippen LogP contribution < -0.4 is 4.74 Å². The molecule has 8 heteroatoms. The van der Waals surface area contributed by atoms with E-state index in [1.165, 1.54) is 26.0 Å². The molecule has 1 heterocycles. The molecule has 0 saturated carbocycles. The number of carbonyl (C=O) groups is 2. The van der Waals surface area contributed by atoms with Crippen molar-refractivity contribution in [3.05, 3.63) is 89.5 Å². The van der Waals surface area contributed by atoms with Gasteiger partial charge in [0.2, 0.25) is 0 Å². The molecule has 5 nitrogen and oxygen atoms in total. The minimum Gasteiger partial charge on any atom is -0.489 e. The molecule has 4 rings (SSSR count). The lowest BCUT2D eigenvalue weighted by atomic mass is 9.85. The number of hydrogen-bond acceptors (Lipinski definition) is 5. The van der Waals surface area contributed by atoms with Crippen molar-refractivity contribution in [2.75, 3.05) is 0 Å². The quantitative estimate of drug-likeness (QED) is 0.210. The molecule has 1 aliphatic rings. The number of benzene rings is 3. The Bertz CT molecular complexity index is 1360. The summed E-state index contributed by atoms with van der Waals surface area (Å²) in [6.07, 6.45) is -4.38. The topological polar surface area (TPSA) is 61.8 Å². The number of cyclic esters (lactones) is 2. The summed E-state index contributed by atoms with van der Waals surface area (Å²) in [5.74, 6) is 1.58. The molecule has 1 atom stereocenters. The van der Waals surface area contributed by atoms with E-state index in [9.17, 15) is 22.8 Å².